The molecule has 6 nitrogen and oxygen atoms in total. The highest BCUT2D eigenvalue weighted by atomic mass is 32.2. The Morgan fingerprint density at radius 3 is 2.23 bits per heavy atom. The lowest BCUT2D eigenvalue weighted by molar-refractivity contribution is -0.121. The molecule has 2 aromatic carbocycles. The molecule has 0 heterocycles. The van der Waals surface area contributed by atoms with Crippen molar-refractivity contribution in [2.24, 2.45) is 0 Å². The van der Waals surface area contributed by atoms with Crippen LogP contribution in [0.15, 0.2) is 53.4 Å². The molecule has 0 aliphatic heterocycles. The first-order valence-corrected chi connectivity index (χ1v) is 9.80. The van der Waals surface area contributed by atoms with Crippen molar-refractivity contribution in [1.82, 2.24) is 10.0 Å². The first-order valence-electron chi connectivity index (χ1n) is 8.31. The molecule has 0 saturated heterocycles. The summed E-state index contributed by atoms with van der Waals surface area (Å²) in [4.78, 5) is 12.4. The van der Waals surface area contributed by atoms with Crippen LogP contribution in [0.5, 0.6) is 5.75 Å². The zero-order valence-corrected chi connectivity index (χ0v) is 16.0. The van der Waals surface area contributed by atoms with E-state index in [1.807, 2.05) is 31.2 Å². The van der Waals surface area contributed by atoms with E-state index < -0.39 is 10.0 Å². The minimum Gasteiger partial charge on any atom is -0.497 e. The van der Waals surface area contributed by atoms with Crippen LogP contribution in [-0.4, -0.2) is 28.5 Å². The number of carbonyl (C=O) groups is 1. The summed E-state index contributed by atoms with van der Waals surface area (Å²) in [6.07, 6.45) is 0.875. The summed E-state index contributed by atoms with van der Waals surface area (Å²) in [6, 6.07) is 14.0. The predicted molar refractivity (Wildman–Crippen MR) is 101 cm³/mol. The Bertz CT molecular complexity index is 831. The van der Waals surface area contributed by atoms with Crippen molar-refractivity contribution in [3.8, 4) is 5.75 Å². The highest BCUT2D eigenvalue weighted by Crippen LogP contribution is 2.17. The fraction of sp³-hybridized carbons (Fsp3) is 0.316. The largest absolute Gasteiger partial charge is 0.497 e. The number of aryl methyl sites for hydroxylation is 1. The second-order valence-corrected chi connectivity index (χ2v) is 7.80. The summed E-state index contributed by atoms with van der Waals surface area (Å²) in [5, 5.41) is 2.96. The van der Waals surface area contributed by atoms with Gasteiger partial charge in [0.25, 0.3) is 0 Å². The predicted octanol–water partition coefficient (Wildman–Crippen LogP) is 2.41. The smallest absolute Gasteiger partial charge is 0.240 e. The lowest BCUT2D eigenvalue weighted by Crippen LogP contribution is -2.26. The minimum atomic E-state index is -3.44. The van der Waals surface area contributed by atoms with Crippen LogP contribution in [0.1, 0.15) is 30.5 Å². The normalized spacial score (nSPS) is 12.4. The van der Waals surface area contributed by atoms with E-state index in [9.17, 15) is 13.2 Å². The highest BCUT2D eigenvalue weighted by molar-refractivity contribution is 7.89. The third kappa shape index (κ3) is 5.31. The highest BCUT2D eigenvalue weighted by Gasteiger charge is 2.12. The molecule has 2 N–H and O–H groups in total. The van der Waals surface area contributed by atoms with Crippen molar-refractivity contribution in [3.63, 3.8) is 0 Å². The van der Waals surface area contributed by atoms with Gasteiger partial charge in [-0.25, -0.2) is 13.1 Å². The molecule has 1 atom stereocenters. The maximum atomic E-state index is 12.2. The number of benzene rings is 2. The van der Waals surface area contributed by atoms with Crippen LogP contribution in [0.2, 0.25) is 0 Å². The summed E-state index contributed by atoms with van der Waals surface area (Å²) >= 11 is 0. The SMILES string of the molecule is CNS(=O)(=O)c1ccc(CCC(=O)N[C@@H](C)c2ccc(OC)cc2)cc1. The molecule has 0 aromatic heterocycles. The van der Waals surface area contributed by atoms with E-state index in [0.717, 1.165) is 16.9 Å². The average molecular weight is 376 g/mol. The molecule has 0 fully saturated rings. The molecule has 0 unspecified atom stereocenters. The molecule has 0 bridgehead atoms. The molecule has 0 spiro atoms. The fourth-order valence-electron chi connectivity index (χ4n) is 2.50. The van der Waals surface area contributed by atoms with Crippen molar-refractivity contribution in [3.05, 3.63) is 59.7 Å². The third-order valence-corrected chi connectivity index (χ3v) is 5.57. The summed E-state index contributed by atoms with van der Waals surface area (Å²) in [7, 11) is -0.451. The molecule has 140 valence electrons. The quantitative estimate of drug-likeness (QED) is 0.741. The van der Waals surface area contributed by atoms with Gasteiger partial charge in [0.05, 0.1) is 18.0 Å². The second kappa shape index (κ2) is 8.82. The number of nitrogens with one attached hydrogen (secondary N) is 2. The number of amides is 1. The lowest BCUT2D eigenvalue weighted by Gasteiger charge is -2.15. The van der Waals surface area contributed by atoms with E-state index >= 15 is 0 Å². The number of carbonyl (C=O) groups excluding carboxylic acids is 1. The van der Waals surface area contributed by atoms with Gasteiger partial charge in [0, 0.05) is 6.42 Å². The first-order chi connectivity index (χ1) is 12.4. The van der Waals surface area contributed by atoms with E-state index in [1.54, 1.807) is 31.4 Å². The van der Waals surface area contributed by atoms with Gasteiger partial charge < -0.3 is 10.1 Å². The zero-order valence-electron chi connectivity index (χ0n) is 15.2. The van der Waals surface area contributed by atoms with E-state index in [-0.39, 0.29) is 16.8 Å². The van der Waals surface area contributed by atoms with Crippen molar-refractivity contribution >= 4 is 15.9 Å². The molecule has 0 aliphatic carbocycles. The fourth-order valence-corrected chi connectivity index (χ4v) is 3.23. The van der Waals surface area contributed by atoms with Gasteiger partial charge >= 0.3 is 0 Å². The molecule has 2 aromatic rings. The van der Waals surface area contributed by atoms with Crippen LogP contribution in [0.25, 0.3) is 0 Å². The van der Waals surface area contributed by atoms with Gasteiger partial charge in [-0.3, -0.25) is 4.79 Å². The molecule has 7 heteroatoms. The van der Waals surface area contributed by atoms with Gasteiger partial charge in [0.1, 0.15) is 5.75 Å². The molecule has 0 saturated carbocycles. The Hall–Kier alpha value is -2.38. The summed E-state index contributed by atoms with van der Waals surface area (Å²) in [5.41, 5.74) is 1.91. The molecular formula is C19H24N2O4S. The molecule has 1 amide bonds. The Labute approximate surface area is 154 Å². The Kier molecular flexibility index (Phi) is 6.76. The van der Waals surface area contributed by atoms with Crippen LogP contribution in [0, 0.1) is 0 Å². The maximum Gasteiger partial charge on any atom is 0.240 e. The van der Waals surface area contributed by atoms with Crippen molar-refractivity contribution in [2.75, 3.05) is 14.2 Å². The number of rotatable bonds is 8. The topological polar surface area (TPSA) is 84.5 Å². The van der Waals surface area contributed by atoms with E-state index in [4.69, 9.17) is 4.74 Å². The van der Waals surface area contributed by atoms with Crippen LogP contribution < -0.4 is 14.8 Å². The standard InChI is InChI=1S/C19H24N2O4S/c1-14(16-7-9-17(25-3)10-8-16)21-19(22)13-6-15-4-11-18(12-5-15)26(23,24)20-2/h4-5,7-12,14,20H,6,13H2,1-3H3,(H,21,22)/t14-/m0/s1. The number of hydrogen-bond acceptors (Lipinski definition) is 4. The van der Waals surface area contributed by atoms with Crippen molar-refractivity contribution in [2.45, 2.75) is 30.7 Å². The van der Waals surface area contributed by atoms with Gasteiger partial charge in [-0.15, -0.1) is 0 Å². The van der Waals surface area contributed by atoms with Crippen molar-refractivity contribution < 1.29 is 17.9 Å². The molecular weight excluding hydrogens is 352 g/mol. The second-order valence-electron chi connectivity index (χ2n) is 5.91. The monoisotopic (exact) mass is 376 g/mol. The van der Waals surface area contributed by atoms with E-state index in [1.165, 1.54) is 7.05 Å². The Morgan fingerprint density at radius 2 is 1.69 bits per heavy atom. The van der Waals surface area contributed by atoms with Crippen LogP contribution in [-0.2, 0) is 21.2 Å². The molecule has 0 radical (unpaired) electrons. The average Bonchev–Trinajstić information content (AvgIpc) is 2.66. The Balaban J connectivity index is 1.88. The van der Waals surface area contributed by atoms with Gasteiger partial charge in [-0.1, -0.05) is 24.3 Å². The maximum absolute atomic E-state index is 12.2. The van der Waals surface area contributed by atoms with Crippen molar-refractivity contribution in [1.29, 1.82) is 0 Å². The van der Waals surface area contributed by atoms with E-state index in [0.29, 0.717) is 12.8 Å². The van der Waals surface area contributed by atoms with Crippen LogP contribution in [0.3, 0.4) is 0 Å². The van der Waals surface area contributed by atoms with Crippen LogP contribution in [0.4, 0.5) is 0 Å². The number of hydrogen-bond donors (Lipinski definition) is 2. The lowest BCUT2D eigenvalue weighted by atomic mass is 10.1. The summed E-state index contributed by atoms with van der Waals surface area (Å²) in [5.74, 6) is 0.719. The zero-order chi connectivity index (χ0) is 19.2. The van der Waals surface area contributed by atoms with Gasteiger partial charge in [0.15, 0.2) is 0 Å². The molecule has 2 rings (SSSR count). The number of ether oxygens (including phenoxy) is 1. The molecule has 0 aliphatic rings. The van der Waals surface area contributed by atoms with E-state index in [2.05, 4.69) is 10.0 Å². The van der Waals surface area contributed by atoms with Gasteiger partial charge in [-0.05, 0) is 55.8 Å². The van der Waals surface area contributed by atoms with Crippen LogP contribution >= 0.6 is 0 Å². The first kappa shape index (κ1) is 19.9. The van der Waals surface area contributed by atoms with Gasteiger partial charge in [-0.2, -0.15) is 0 Å². The number of sulfonamides is 1. The summed E-state index contributed by atoms with van der Waals surface area (Å²) in [6.45, 7) is 1.93. The molecule has 26 heavy (non-hydrogen) atoms. The summed E-state index contributed by atoms with van der Waals surface area (Å²) < 4.78 is 30.8. The van der Waals surface area contributed by atoms with Gasteiger partial charge in [0.2, 0.25) is 15.9 Å². The Morgan fingerprint density at radius 1 is 1.08 bits per heavy atom. The number of methoxy groups -OCH3 is 1. The minimum absolute atomic E-state index is 0.0553. The third-order valence-electron chi connectivity index (χ3n) is 4.14.